The van der Waals surface area contributed by atoms with Crippen LogP contribution in [0.3, 0.4) is 0 Å². The van der Waals surface area contributed by atoms with Crippen LogP contribution in [-0.2, 0) is 9.53 Å². The smallest absolute Gasteiger partial charge is 0.460 e. The van der Waals surface area contributed by atoms with Gasteiger partial charge in [-0.15, -0.1) is 0 Å². The van der Waals surface area contributed by atoms with E-state index in [9.17, 15) is 31.1 Å². The van der Waals surface area contributed by atoms with Crippen molar-refractivity contribution in [3.8, 4) is 0 Å². The number of carboxylic acid groups (broad SMARTS) is 1. The summed E-state index contributed by atoms with van der Waals surface area (Å²) < 4.78 is 99.2. The molecule has 0 aliphatic rings. The number of carbonyl (C=O) groups is 1. The van der Waals surface area contributed by atoms with Crippen LogP contribution < -0.4 is 0 Å². The zero-order valence-electron chi connectivity index (χ0n) is 14.8. The van der Waals surface area contributed by atoms with Gasteiger partial charge in [0.2, 0.25) is 5.67 Å². The highest BCUT2D eigenvalue weighted by molar-refractivity contribution is 5.76. The third kappa shape index (κ3) is 4.57. The van der Waals surface area contributed by atoms with E-state index < -0.39 is 47.0 Å². The van der Waals surface area contributed by atoms with Crippen LogP contribution >= 0.6 is 0 Å². The largest absolute Gasteiger partial charge is 0.477 e. The maximum absolute atomic E-state index is 15.4. The second-order valence-electron chi connectivity index (χ2n) is 7.79. The Balaban J connectivity index is 6.31. The van der Waals surface area contributed by atoms with Crippen molar-refractivity contribution in [2.24, 2.45) is 10.8 Å². The van der Waals surface area contributed by atoms with Gasteiger partial charge in [0.25, 0.3) is 0 Å². The van der Waals surface area contributed by atoms with E-state index in [-0.39, 0.29) is 6.42 Å². The molecule has 0 aromatic carbocycles. The Morgan fingerprint density at radius 2 is 1.32 bits per heavy atom. The molecule has 10 heteroatoms. The van der Waals surface area contributed by atoms with E-state index in [1.54, 1.807) is 0 Å². The van der Waals surface area contributed by atoms with E-state index in [1.807, 2.05) is 0 Å². The summed E-state index contributed by atoms with van der Waals surface area (Å²) in [5, 5.41) is 8.41. The summed E-state index contributed by atoms with van der Waals surface area (Å²) in [4.78, 5) is 10.6. The molecule has 0 spiro atoms. The zero-order valence-corrected chi connectivity index (χ0v) is 14.8. The number of aliphatic carboxylic acids is 1. The lowest BCUT2D eigenvalue weighted by atomic mass is 9.66. The van der Waals surface area contributed by atoms with Gasteiger partial charge in [-0.05, 0) is 18.3 Å². The van der Waals surface area contributed by atoms with Gasteiger partial charge in [-0.2, -0.15) is 26.3 Å². The molecule has 150 valence electrons. The molecule has 0 aromatic rings. The maximum atomic E-state index is 15.4. The molecule has 0 radical (unpaired) electrons. The van der Waals surface area contributed by atoms with Crippen LogP contribution in [0, 0.1) is 10.8 Å². The van der Waals surface area contributed by atoms with Crippen LogP contribution in [0.1, 0.15) is 54.4 Å². The second kappa shape index (κ2) is 6.59. The van der Waals surface area contributed by atoms with Gasteiger partial charge in [-0.1, -0.05) is 41.5 Å². The van der Waals surface area contributed by atoms with Crippen molar-refractivity contribution in [3.05, 3.63) is 0 Å². The summed E-state index contributed by atoms with van der Waals surface area (Å²) >= 11 is 0. The molecule has 0 saturated carbocycles. The molecular formula is C15H23F7O3. The van der Waals surface area contributed by atoms with Gasteiger partial charge in [0, 0.05) is 5.41 Å². The monoisotopic (exact) mass is 384 g/mol. The Bertz CT molecular complexity index is 496. The number of rotatable bonds is 7. The summed E-state index contributed by atoms with van der Waals surface area (Å²) in [5.74, 6) is -9.10. The number of hydrogen-bond acceptors (Lipinski definition) is 2. The molecule has 25 heavy (non-hydrogen) atoms. The zero-order chi connectivity index (χ0) is 20.7. The summed E-state index contributed by atoms with van der Waals surface area (Å²) in [5.41, 5.74) is -6.87. The highest BCUT2D eigenvalue weighted by Crippen LogP contribution is 2.56. The standard InChI is InChI=1S/C15H23F7O3/c1-7-11(5,6)12(16,8-10(2,3)4)15(21,22)25-13(17,9(23)24)14(18,19)20/h7-8H2,1-6H3,(H,23,24). The Hall–Kier alpha value is -1.06. The number of hydrogen-bond donors (Lipinski definition) is 1. The molecule has 3 nitrogen and oxygen atoms in total. The van der Waals surface area contributed by atoms with Crippen molar-refractivity contribution in [2.75, 3.05) is 0 Å². The normalized spacial score (nSPS) is 19.2. The van der Waals surface area contributed by atoms with E-state index in [2.05, 4.69) is 4.74 Å². The van der Waals surface area contributed by atoms with Crippen molar-refractivity contribution < 1.29 is 45.4 Å². The van der Waals surface area contributed by atoms with Crippen molar-refractivity contribution in [2.45, 2.75) is 78.2 Å². The average Bonchev–Trinajstić information content (AvgIpc) is 2.33. The van der Waals surface area contributed by atoms with E-state index >= 15 is 4.39 Å². The summed E-state index contributed by atoms with van der Waals surface area (Å²) in [6, 6.07) is 0. The van der Waals surface area contributed by atoms with Crippen LogP contribution in [-0.4, -0.2) is 34.9 Å². The number of halogens is 7. The van der Waals surface area contributed by atoms with Gasteiger partial charge in [0.1, 0.15) is 0 Å². The van der Waals surface area contributed by atoms with Gasteiger partial charge >= 0.3 is 24.1 Å². The minimum atomic E-state index is -6.33. The van der Waals surface area contributed by atoms with E-state index in [0.717, 1.165) is 13.8 Å². The highest BCUT2D eigenvalue weighted by atomic mass is 19.4. The number of alkyl halides is 7. The minimum absolute atomic E-state index is 0.253. The molecule has 0 fully saturated rings. The molecule has 1 N–H and O–H groups in total. The number of ether oxygens (including phenoxy) is 1. The molecular weight excluding hydrogens is 361 g/mol. The topological polar surface area (TPSA) is 46.5 Å². The SMILES string of the molecule is CCC(C)(C)C(F)(CC(C)(C)C)C(F)(F)OC(F)(C(=O)O)C(F)(F)F. The fourth-order valence-corrected chi connectivity index (χ4v) is 2.23. The molecule has 0 aliphatic carbocycles. The summed E-state index contributed by atoms with van der Waals surface area (Å²) in [6.45, 7) is 7.41. The fraction of sp³-hybridized carbons (Fsp3) is 0.933. The summed E-state index contributed by atoms with van der Waals surface area (Å²) in [6.07, 6.45) is -13.0. The number of carboxylic acids is 1. The van der Waals surface area contributed by atoms with Crippen LogP contribution in [0.2, 0.25) is 0 Å². The van der Waals surface area contributed by atoms with Crippen LogP contribution in [0.15, 0.2) is 0 Å². The Morgan fingerprint density at radius 1 is 0.920 bits per heavy atom. The minimum Gasteiger partial charge on any atom is -0.477 e. The first-order valence-electron chi connectivity index (χ1n) is 7.43. The lowest BCUT2D eigenvalue weighted by molar-refractivity contribution is -0.435. The first-order chi connectivity index (χ1) is 10.7. The van der Waals surface area contributed by atoms with Crippen molar-refractivity contribution >= 4 is 5.97 Å². The molecule has 0 aliphatic heterocycles. The van der Waals surface area contributed by atoms with Gasteiger partial charge in [-0.3, -0.25) is 4.74 Å². The quantitative estimate of drug-likeness (QED) is 0.591. The molecule has 2 unspecified atom stereocenters. The molecule has 0 aromatic heterocycles. The van der Waals surface area contributed by atoms with E-state index in [0.29, 0.717) is 0 Å². The molecule has 0 heterocycles. The Morgan fingerprint density at radius 3 is 1.56 bits per heavy atom. The molecule has 0 bridgehead atoms. The lowest BCUT2D eigenvalue weighted by Gasteiger charge is -2.47. The van der Waals surface area contributed by atoms with Crippen molar-refractivity contribution in [3.63, 3.8) is 0 Å². The van der Waals surface area contributed by atoms with Gasteiger partial charge in [0.15, 0.2) is 0 Å². The van der Waals surface area contributed by atoms with Crippen molar-refractivity contribution in [1.29, 1.82) is 0 Å². The Labute approximate surface area is 141 Å². The lowest BCUT2D eigenvalue weighted by Crippen LogP contribution is -2.63. The van der Waals surface area contributed by atoms with Crippen LogP contribution in [0.4, 0.5) is 30.7 Å². The average molecular weight is 384 g/mol. The predicted molar refractivity (Wildman–Crippen MR) is 75.5 cm³/mol. The van der Waals surface area contributed by atoms with Gasteiger partial charge in [-0.25, -0.2) is 9.18 Å². The van der Waals surface area contributed by atoms with Crippen molar-refractivity contribution in [1.82, 2.24) is 0 Å². The van der Waals surface area contributed by atoms with E-state index in [4.69, 9.17) is 5.11 Å². The second-order valence-corrected chi connectivity index (χ2v) is 7.79. The third-order valence-electron chi connectivity index (χ3n) is 4.10. The Kier molecular flexibility index (Phi) is 6.31. The predicted octanol–water partition coefficient (Wildman–Crippen LogP) is 5.49. The molecule has 2 atom stereocenters. The van der Waals surface area contributed by atoms with Gasteiger partial charge in [0.05, 0.1) is 0 Å². The third-order valence-corrected chi connectivity index (χ3v) is 4.10. The molecule has 0 rings (SSSR count). The first-order valence-corrected chi connectivity index (χ1v) is 7.43. The molecule has 0 amide bonds. The maximum Gasteiger partial charge on any atom is 0.460 e. The fourth-order valence-electron chi connectivity index (χ4n) is 2.23. The first kappa shape index (κ1) is 23.9. The van der Waals surface area contributed by atoms with Gasteiger partial charge < -0.3 is 5.11 Å². The summed E-state index contributed by atoms with van der Waals surface area (Å²) in [7, 11) is 0. The highest BCUT2D eigenvalue weighted by Gasteiger charge is 2.74. The van der Waals surface area contributed by atoms with Crippen LogP contribution in [0.25, 0.3) is 0 Å². The van der Waals surface area contributed by atoms with Crippen LogP contribution in [0.5, 0.6) is 0 Å². The van der Waals surface area contributed by atoms with E-state index in [1.165, 1.54) is 27.7 Å². The molecule has 0 saturated heterocycles.